The van der Waals surface area contributed by atoms with E-state index < -0.39 is 27.7 Å². The number of ether oxygens (including phenoxy) is 1. The summed E-state index contributed by atoms with van der Waals surface area (Å²) in [7, 11) is -2.16. The first-order valence-corrected chi connectivity index (χ1v) is 9.17. The molecule has 2 aliphatic rings. The van der Waals surface area contributed by atoms with E-state index in [0.29, 0.717) is 5.56 Å². The van der Waals surface area contributed by atoms with Gasteiger partial charge in [-0.1, -0.05) is 0 Å². The van der Waals surface area contributed by atoms with E-state index in [0.717, 1.165) is 6.26 Å². The lowest BCUT2D eigenvalue weighted by atomic mass is 10.0. The number of nitrogens with zero attached hydrogens (tertiary/aromatic N) is 1. The second-order valence-electron chi connectivity index (χ2n) is 5.79. The first kappa shape index (κ1) is 16.4. The average Bonchev–Trinajstić information content (AvgIpc) is 2.83. The smallest absolute Gasteiger partial charge is 0.259 e. The minimum absolute atomic E-state index is 0.0138. The molecule has 1 aromatic carbocycles. The molecule has 128 valence electrons. The second-order valence-corrected chi connectivity index (χ2v) is 7.78. The molecule has 24 heavy (non-hydrogen) atoms. The lowest BCUT2D eigenvalue weighted by molar-refractivity contribution is -0.136. The van der Waals surface area contributed by atoms with E-state index in [4.69, 9.17) is 4.74 Å². The van der Waals surface area contributed by atoms with E-state index in [-0.39, 0.29) is 41.5 Å². The molecule has 8 nitrogen and oxygen atoms in total. The molecular weight excluding hydrogens is 336 g/mol. The van der Waals surface area contributed by atoms with E-state index in [2.05, 4.69) is 5.32 Å². The molecule has 0 bridgehead atoms. The van der Waals surface area contributed by atoms with Crippen molar-refractivity contribution in [3.63, 3.8) is 0 Å². The van der Waals surface area contributed by atoms with Crippen molar-refractivity contribution in [2.75, 3.05) is 13.4 Å². The van der Waals surface area contributed by atoms with Crippen molar-refractivity contribution in [1.82, 2.24) is 10.2 Å². The van der Waals surface area contributed by atoms with Crippen LogP contribution in [0.4, 0.5) is 0 Å². The first-order valence-electron chi connectivity index (χ1n) is 7.28. The van der Waals surface area contributed by atoms with Gasteiger partial charge in [0.2, 0.25) is 11.8 Å². The Kier molecular flexibility index (Phi) is 3.83. The third kappa shape index (κ3) is 2.54. The van der Waals surface area contributed by atoms with Crippen LogP contribution in [-0.4, -0.2) is 50.4 Å². The van der Waals surface area contributed by atoms with Crippen LogP contribution in [0.15, 0.2) is 17.0 Å². The number of sulfone groups is 1. The van der Waals surface area contributed by atoms with Gasteiger partial charge in [-0.15, -0.1) is 0 Å². The summed E-state index contributed by atoms with van der Waals surface area (Å²) in [4.78, 5) is 37.4. The minimum Gasteiger partial charge on any atom is -0.496 e. The van der Waals surface area contributed by atoms with Gasteiger partial charge in [0, 0.05) is 24.8 Å². The maximum Gasteiger partial charge on any atom is 0.259 e. The van der Waals surface area contributed by atoms with Gasteiger partial charge >= 0.3 is 0 Å². The largest absolute Gasteiger partial charge is 0.496 e. The Labute approximate surface area is 138 Å². The number of carbonyl (C=O) groups is 3. The first-order chi connectivity index (χ1) is 11.2. The highest BCUT2D eigenvalue weighted by Crippen LogP contribution is 2.37. The molecule has 9 heteroatoms. The molecule has 2 heterocycles. The average molecular weight is 352 g/mol. The summed E-state index contributed by atoms with van der Waals surface area (Å²) in [5, 5.41) is 2.21. The van der Waals surface area contributed by atoms with Gasteiger partial charge < -0.3 is 9.64 Å². The van der Waals surface area contributed by atoms with Crippen LogP contribution in [0.1, 0.15) is 28.8 Å². The second kappa shape index (κ2) is 5.59. The summed E-state index contributed by atoms with van der Waals surface area (Å²) >= 11 is 0. The van der Waals surface area contributed by atoms with Crippen LogP contribution in [-0.2, 0) is 26.0 Å². The number of rotatable bonds is 3. The van der Waals surface area contributed by atoms with Crippen LogP contribution in [0, 0.1) is 0 Å². The van der Waals surface area contributed by atoms with Crippen molar-refractivity contribution in [2.45, 2.75) is 30.3 Å². The number of benzene rings is 1. The van der Waals surface area contributed by atoms with Gasteiger partial charge in [0.15, 0.2) is 9.84 Å². The summed E-state index contributed by atoms with van der Waals surface area (Å²) in [6.07, 6.45) is 1.40. The van der Waals surface area contributed by atoms with E-state index in [1.165, 1.54) is 24.1 Å². The number of hydrogen-bond acceptors (Lipinski definition) is 6. The molecule has 3 rings (SSSR count). The van der Waals surface area contributed by atoms with Crippen LogP contribution in [0.2, 0.25) is 0 Å². The Morgan fingerprint density at radius 3 is 2.54 bits per heavy atom. The van der Waals surface area contributed by atoms with Crippen LogP contribution in [0.3, 0.4) is 0 Å². The molecule has 0 aliphatic carbocycles. The maximum atomic E-state index is 12.8. The van der Waals surface area contributed by atoms with Crippen molar-refractivity contribution in [2.24, 2.45) is 0 Å². The predicted molar refractivity (Wildman–Crippen MR) is 82.1 cm³/mol. The van der Waals surface area contributed by atoms with Crippen molar-refractivity contribution >= 4 is 27.6 Å². The van der Waals surface area contributed by atoms with Crippen LogP contribution >= 0.6 is 0 Å². The Morgan fingerprint density at radius 2 is 1.96 bits per heavy atom. The lowest BCUT2D eigenvalue weighted by Gasteiger charge is -2.29. The summed E-state index contributed by atoms with van der Waals surface area (Å²) < 4.78 is 29.2. The van der Waals surface area contributed by atoms with Gasteiger partial charge in [-0.05, 0) is 18.6 Å². The monoisotopic (exact) mass is 352 g/mol. The van der Waals surface area contributed by atoms with Crippen molar-refractivity contribution in [3.8, 4) is 5.75 Å². The lowest BCUT2D eigenvalue weighted by Crippen LogP contribution is -2.52. The molecule has 1 aromatic rings. The molecular formula is C15H16N2O6S. The topological polar surface area (TPSA) is 110 Å². The minimum atomic E-state index is -3.54. The Morgan fingerprint density at radius 1 is 1.25 bits per heavy atom. The Bertz CT molecular complexity index is 861. The highest BCUT2D eigenvalue weighted by Gasteiger charge is 2.42. The number of nitrogens with one attached hydrogen (secondary N) is 1. The molecule has 0 aromatic heterocycles. The molecule has 0 radical (unpaired) electrons. The van der Waals surface area contributed by atoms with Crippen molar-refractivity contribution < 1.29 is 27.5 Å². The SMILES string of the molecule is COc1ccc(S(C)(=O)=O)c2c1C(=O)N(C1CCC(=O)NC1=O)C2. The van der Waals surface area contributed by atoms with E-state index >= 15 is 0 Å². The van der Waals surface area contributed by atoms with Gasteiger partial charge in [-0.2, -0.15) is 0 Å². The highest BCUT2D eigenvalue weighted by atomic mass is 32.2. The van der Waals surface area contributed by atoms with Crippen molar-refractivity contribution in [1.29, 1.82) is 0 Å². The zero-order valence-corrected chi connectivity index (χ0v) is 14.0. The number of amides is 3. The number of fused-ring (bicyclic) bond motifs is 1. The molecule has 0 spiro atoms. The molecule has 0 saturated carbocycles. The predicted octanol–water partition coefficient (Wildman–Crippen LogP) is -0.140. The van der Waals surface area contributed by atoms with Gasteiger partial charge in [0.05, 0.1) is 17.6 Å². The molecule has 1 saturated heterocycles. The Balaban J connectivity index is 2.06. The molecule has 2 aliphatic heterocycles. The number of hydrogen-bond donors (Lipinski definition) is 1. The Hall–Kier alpha value is -2.42. The summed E-state index contributed by atoms with van der Waals surface area (Å²) in [5.41, 5.74) is 0.483. The fourth-order valence-electron chi connectivity index (χ4n) is 3.13. The summed E-state index contributed by atoms with van der Waals surface area (Å²) in [6, 6.07) is 2.02. The third-order valence-corrected chi connectivity index (χ3v) is 5.42. The molecule has 1 atom stereocenters. The summed E-state index contributed by atoms with van der Waals surface area (Å²) in [6.45, 7) is -0.0138. The van der Waals surface area contributed by atoms with Crippen LogP contribution in [0.25, 0.3) is 0 Å². The quantitative estimate of drug-likeness (QED) is 0.758. The zero-order chi connectivity index (χ0) is 17.6. The number of piperidine rings is 1. The molecule has 1 N–H and O–H groups in total. The van der Waals surface area contributed by atoms with Gasteiger partial charge in [0.25, 0.3) is 5.91 Å². The fourth-order valence-corrected chi connectivity index (χ4v) is 4.06. The van der Waals surface area contributed by atoms with E-state index in [1.54, 1.807) is 0 Å². The summed E-state index contributed by atoms with van der Waals surface area (Å²) in [5.74, 6) is -1.14. The van der Waals surface area contributed by atoms with E-state index in [9.17, 15) is 22.8 Å². The van der Waals surface area contributed by atoms with Crippen LogP contribution < -0.4 is 10.1 Å². The molecule has 1 fully saturated rings. The number of imide groups is 1. The van der Waals surface area contributed by atoms with Crippen LogP contribution in [0.5, 0.6) is 5.75 Å². The normalized spacial score (nSPS) is 20.8. The van der Waals surface area contributed by atoms with E-state index in [1.807, 2.05) is 0 Å². The standard InChI is InChI=1S/C15H16N2O6S/c1-23-10-4-5-11(24(2,21)22)8-7-17(15(20)13(8)10)9-3-6-12(18)16-14(9)19/h4-5,9H,3,6-7H2,1-2H3,(H,16,18,19). The van der Waals surface area contributed by atoms with Crippen molar-refractivity contribution in [3.05, 3.63) is 23.3 Å². The van der Waals surface area contributed by atoms with Gasteiger partial charge in [0.1, 0.15) is 11.8 Å². The number of carbonyl (C=O) groups excluding carboxylic acids is 3. The maximum absolute atomic E-state index is 12.8. The molecule has 3 amide bonds. The van der Waals surface area contributed by atoms with Gasteiger partial charge in [-0.25, -0.2) is 8.42 Å². The number of methoxy groups -OCH3 is 1. The fraction of sp³-hybridized carbons (Fsp3) is 0.400. The third-order valence-electron chi connectivity index (χ3n) is 4.24. The van der Waals surface area contributed by atoms with Gasteiger partial charge in [-0.3, -0.25) is 19.7 Å². The highest BCUT2D eigenvalue weighted by molar-refractivity contribution is 7.90. The molecule has 1 unspecified atom stereocenters. The zero-order valence-electron chi connectivity index (χ0n) is 13.2.